The van der Waals surface area contributed by atoms with E-state index in [4.69, 9.17) is 9.52 Å². The fourth-order valence-electron chi connectivity index (χ4n) is 2.75. The lowest BCUT2D eigenvalue weighted by atomic mass is 10.1. The van der Waals surface area contributed by atoms with Crippen molar-refractivity contribution in [2.75, 3.05) is 26.2 Å². The van der Waals surface area contributed by atoms with Gasteiger partial charge in [0.25, 0.3) is 0 Å². The van der Waals surface area contributed by atoms with E-state index in [9.17, 15) is 9.59 Å². The van der Waals surface area contributed by atoms with Gasteiger partial charge in [-0.25, -0.2) is 4.79 Å². The van der Waals surface area contributed by atoms with Crippen LogP contribution in [0.2, 0.25) is 0 Å². The number of hydrogen-bond acceptors (Lipinski definition) is 4. The maximum Gasteiger partial charge on any atom is 0.317 e. The Morgan fingerprint density at radius 1 is 1.57 bits per heavy atom. The van der Waals surface area contributed by atoms with E-state index < -0.39 is 0 Å². The zero-order valence-corrected chi connectivity index (χ0v) is 13.7. The van der Waals surface area contributed by atoms with Crippen molar-refractivity contribution in [2.45, 2.75) is 32.9 Å². The van der Waals surface area contributed by atoms with E-state index in [0.29, 0.717) is 31.8 Å². The molecule has 0 saturated carbocycles. The van der Waals surface area contributed by atoms with Crippen LogP contribution in [-0.2, 0) is 11.3 Å². The van der Waals surface area contributed by atoms with Crippen LogP contribution in [0.1, 0.15) is 26.0 Å². The largest absolute Gasteiger partial charge is 0.467 e. The van der Waals surface area contributed by atoms with Gasteiger partial charge in [0.1, 0.15) is 5.76 Å². The molecule has 1 saturated heterocycles. The van der Waals surface area contributed by atoms with Gasteiger partial charge < -0.3 is 24.6 Å². The molecule has 3 amide bonds. The normalized spacial score (nSPS) is 17.8. The molecular formula is C16H25N3O4. The van der Waals surface area contributed by atoms with Crippen molar-refractivity contribution in [3.8, 4) is 0 Å². The predicted octanol–water partition coefficient (Wildman–Crippen LogP) is 1.04. The first-order chi connectivity index (χ1) is 11.0. The molecule has 0 bridgehead atoms. The molecule has 2 heterocycles. The number of carbonyl (C=O) groups is 2. The number of hydrogen-bond donors (Lipinski definition) is 2. The van der Waals surface area contributed by atoms with Crippen molar-refractivity contribution in [3.63, 3.8) is 0 Å². The van der Waals surface area contributed by atoms with E-state index in [-0.39, 0.29) is 37.0 Å². The van der Waals surface area contributed by atoms with E-state index in [1.54, 1.807) is 18.4 Å². The molecule has 128 valence electrons. The molecule has 1 unspecified atom stereocenters. The molecule has 23 heavy (non-hydrogen) atoms. The molecule has 7 nitrogen and oxygen atoms in total. The van der Waals surface area contributed by atoms with Gasteiger partial charge in [-0.2, -0.15) is 0 Å². The van der Waals surface area contributed by atoms with Crippen LogP contribution in [0.4, 0.5) is 4.79 Å². The molecule has 1 aliphatic rings. The highest BCUT2D eigenvalue weighted by Gasteiger charge is 2.31. The lowest BCUT2D eigenvalue weighted by Gasteiger charge is -2.23. The summed E-state index contributed by atoms with van der Waals surface area (Å²) in [6.07, 6.45) is 2.02. The summed E-state index contributed by atoms with van der Waals surface area (Å²) in [6.45, 7) is 5.53. The number of rotatable bonds is 7. The summed E-state index contributed by atoms with van der Waals surface area (Å²) in [6, 6.07) is 3.47. The molecule has 1 fully saturated rings. The molecule has 1 atom stereocenters. The maximum atomic E-state index is 12.3. The smallest absolute Gasteiger partial charge is 0.317 e. The van der Waals surface area contributed by atoms with Crippen LogP contribution >= 0.6 is 0 Å². The second-order valence-electron chi connectivity index (χ2n) is 6.12. The van der Waals surface area contributed by atoms with Gasteiger partial charge in [0, 0.05) is 38.0 Å². The summed E-state index contributed by atoms with van der Waals surface area (Å²) in [5, 5.41) is 12.0. The Hall–Kier alpha value is -2.02. The summed E-state index contributed by atoms with van der Waals surface area (Å²) >= 11 is 0. The van der Waals surface area contributed by atoms with Crippen LogP contribution in [0.15, 0.2) is 22.8 Å². The molecule has 0 aliphatic carbocycles. The Bertz CT molecular complexity index is 515. The molecule has 1 aliphatic heterocycles. The molecule has 0 aromatic carbocycles. The third kappa shape index (κ3) is 4.72. The molecule has 0 spiro atoms. The Morgan fingerprint density at radius 3 is 2.91 bits per heavy atom. The van der Waals surface area contributed by atoms with Crippen molar-refractivity contribution in [3.05, 3.63) is 24.2 Å². The SMILES string of the molecule is CC(C)N1CC(CNC(=O)N(CCO)Cc2ccco2)CC1=O. The van der Waals surface area contributed by atoms with Crippen molar-refractivity contribution in [1.82, 2.24) is 15.1 Å². The summed E-state index contributed by atoms with van der Waals surface area (Å²) in [4.78, 5) is 27.5. The fraction of sp³-hybridized carbons (Fsp3) is 0.625. The standard InChI is InChI=1S/C16H25N3O4/c1-12(2)19-10-13(8-15(19)21)9-17-16(22)18(5-6-20)11-14-4-3-7-23-14/h3-4,7,12-13,20H,5-6,8-11H2,1-2H3,(H,17,22). The van der Waals surface area contributed by atoms with Gasteiger partial charge in [-0.3, -0.25) is 4.79 Å². The zero-order chi connectivity index (χ0) is 16.8. The van der Waals surface area contributed by atoms with E-state index in [0.717, 1.165) is 0 Å². The number of amides is 3. The van der Waals surface area contributed by atoms with E-state index in [2.05, 4.69) is 5.32 Å². The summed E-state index contributed by atoms with van der Waals surface area (Å²) < 4.78 is 5.24. The van der Waals surface area contributed by atoms with Gasteiger partial charge in [-0.15, -0.1) is 0 Å². The number of urea groups is 1. The summed E-state index contributed by atoms with van der Waals surface area (Å²) in [5.74, 6) is 0.936. The van der Waals surface area contributed by atoms with Crippen molar-refractivity contribution < 1.29 is 19.1 Å². The topological polar surface area (TPSA) is 86.0 Å². The predicted molar refractivity (Wildman–Crippen MR) is 84.6 cm³/mol. The van der Waals surface area contributed by atoms with Crippen LogP contribution < -0.4 is 5.32 Å². The molecule has 1 aromatic rings. The van der Waals surface area contributed by atoms with Gasteiger partial charge in [-0.1, -0.05) is 0 Å². The minimum Gasteiger partial charge on any atom is -0.467 e. The number of aliphatic hydroxyl groups excluding tert-OH is 1. The average molecular weight is 323 g/mol. The first-order valence-corrected chi connectivity index (χ1v) is 7.96. The van der Waals surface area contributed by atoms with Crippen molar-refractivity contribution >= 4 is 11.9 Å². The Kier molecular flexibility index (Phi) is 6.04. The first kappa shape index (κ1) is 17.3. The van der Waals surface area contributed by atoms with E-state index >= 15 is 0 Å². The molecule has 7 heteroatoms. The quantitative estimate of drug-likeness (QED) is 0.785. The maximum absolute atomic E-state index is 12.3. The van der Waals surface area contributed by atoms with E-state index in [1.165, 1.54) is 4.90 Å². The van der Waals surface area contributed by atoms with Crippen molar-refractivity contribution in [2.24, 2.45) is 5.92 Å². The third-order valence-corrected chi connectivity index (χ3v) is 3.99. The number of furan rings is 1. The van der Waals surface area contributed by atoms with Gasteiger partial charge in [0.05, 0.1) is 19.4 Å². The highest BCUT2D eigenvalue weighted by Crippen LogP contribution is 2.19. The molecule has 0 radical (unpaired) electrons. The second-order valence-corrected chi connectivity index (χ2v) is 6.12. The average Bonchev–Trinajstić information content (AvgIpc) is 3.13. The second kappa shape index (κ2) is 8.01. The Labute approximate surface area is 136 Å². The van der Waals surface area contributed by atoms with Crippen LogP contribution in [0.5, 0.6) is 0 Å². The van der Waals surface area contributed by atoms with Gasteiger partial charge in [-0.05, 0) is 26.0 Å². The van der Waals surface area contributed by atoms with E-state index in [1.807, 2.05) is 18.7 Å². The first-order valence-electron chi connectivity index (χ1n) is 7.96. The van der Waals surface area contributed by atoms with Crippen LogP contribution in [0.25, 0.3) is 0 Å². The minimum atomic E-state index is -0.258. The molecule has 2 N–H and O–H groups in total. The third-order valence-electron chi connectivity index (χ3n) is 3.99. The lowest BCUT2D eigenvalue weighted by Crippen LogP contribution is -2.43. The number of nitrogens with one attached hydrogen (secondary N) is 1. The van der Waals surface area contributed by atoms with Gasteiger partial charge >= 0.3 is 6.03 Å². The van der Waals surface area contributed by atoms with Gasteiger partial charge in [0.15, 0.2) is 0 Å². The highest BCUT2D eigenvalue weighted by atomic mass is 16.3. The summed E-state index contributed by atoms with van der Waals surface area (Å²) in [5.41, 5.74) is 0. The number of nitrogens with zero attached hydrogens (tertiary/aromatic N) is 2. The van der Waals surface area contributed by atoms with Crippen LogP contribution in [0, 0.1) is 5.92 Å². The number of likely N-dealkylation sites (tertiary alicyclic amines) is 1. The lowest BCUT2D eigenvalue weighted by molar-refractivity contribution is -0.129. The fourth-order valence-corrected chi connectivity index (χ4v) is 2.75. The Morgan fingerprint density at radius 2 is 2.35 bits per heavy atom. The summed E-state index contributed by atoms with van der Waals surface area (Å²) in [7, 11) is 0. The molecule has 1 aromatic heterocycles. The van der Waals surface area contributed by atoms with Crippen molar-refractivity contribution in [1.29, 1.82) is 0 Å². The molecular weight excluding hydrogens is 298 g/mol. The Balaban J connectivity index is 1.83. The molecule has 2 rings (SSSR count). The van der Waals surface area contributed by atoms with Gasteiger partial charge in [0.2, 0.25) is 5.91 Å². The zero-order valence-electron chi connectivity index (χ0n) is 13.7. The van der Waals surface area contributed by atoms with Crippen LogP contribution in [-0.4, -0.2) is 59.1 Å². The number of carbonyl (C=O) groups excluding carboxylic acids is 2. The van der Waals surface area contributed by atoms with Crippen LogP contribution in [0.3, 0.4) is 0 Å². The minimum absolute atomic E-state index is 0.114. The highest BCUT2D eigenvalue weighted by molar-refractivity contribution is 5.79. The number of aliphatic hydroxyl groups is 1. The monoisotopic (exact) mass is 323 g/mol.